The quantitative estimate of drug-likeness (QED) is 0.116. The van der Waals surface area contributed by atoms with E-state index in [1.165, 1.54) is 11.1 Å². The molecule has 0 heterocycles. The van der Waals surface area contributed by atoms with Crippen LogP contribution in [0, 0.1) is 17.3 Å². The third kappa shape index (κ3) is 8.66. The first-order valence-corrected chi connectivity index (χ1v) is 20.0. The fourth-order valence-electron chi connectivity index (χ4n) is 5.36. The number of benzene rings is 1. The summed E-state index contributed by atoms with van der Waals surface area (Å²) in [6.07, 6.45) is 8.64. The molecular formula is C33H52O3Si2. The Kier molecular flexibility index (Phi) is 12.1. The fraction of sp³-hybridized carbons (Fsp3) is 0.576. The van der Waals surface area contributed by atoms with Crippen molar-refractivity contribution in [1.82, 2.24) is 0 Å². The highest BCUT2D eigenvalue weighted by Gasteiger charge is 2.63. The summed E-state index contributed by atoms with van der Waals surface area (Å²) in [4.78, 5) is 0. The highest BCUT2D eigenvalue weighted by molar-refractivity contribution is 6.70. The predicted molar refractivity (Wildman–Crippen MR) is 168 cm³/mol. The lowest BCUT2D eigenvalue weighted by molar-refractivity contribution is -0.0631. The molecule has 210 valence electrons. The Morgan fingerprint density at radius 2 is 1.76 bits per heavy atom. The largest absolute Gasteiger partial charge is 0.408 e. The molecule has 1 aliphatic carbocycles. The monoisotopic (exact) mass is 552 g/mol. The minimum absolute atomic E-state index is 0.118. The summed E-state index contributed by atoms with van der Waals surface area (Å²) in [6.45, 7) is 26.4. The maximum atomic E-state index is 7.08. The van der Waals surface area contributed by atoms with Crippen molar-refractivity contribution in [1.29, 1.82) is 0 Å². The van der Waals surface area contributed by atoms with E-state index < -0.39 is 22.5 Å². The number of hydrogen-bond acceptors (Lipinski definition) is 3. The molecule has 1 aromatic rings. The van der Waals surface area contributed by atoms with Crippen molar-refractivity contribution in [3.05, 3.63) is 72.4 Å². The SMILES string of the molecule is C=CCO[Si](CC)(CC)O[C@@H](C#CC/C(C)=C/CCc1ccccc1)[C@](C)(O[Si](C)(C)C)C1(C(=C)C)CC1. The van der Waals surface area contributed by atoms with Crippen LogP contribution in [-0.2, 0) is 19.7 Å². The van der Waals surface area contributed by atoms with Crippen molar-refractivity contribution in [2.45, 2.75) is 110 Å². The van der Waals surface area contributed by atoms with Crippen molar-refractivity contribution in [2.24, 2.45) is 5.41 Å². The topological polar surface area (TPSA) is 27.7 Å². The zero-order valence-electron chi connectivity index (χ0n) is 25.4. The van der Waals surface area contributed by atoms with Crippen LogP contribution in [0.4, 0.5) is 0 Å². The molecule has 2 rings (SSSR count). The second-order valence-corrected chi connectivity index (χ2v) is 20.2. The van der Waals surface area contributed by atoms with Crippen LogP contribution in [0.3, 0.4) is 0 Å². The molecular weight excluding hydrogens is 501 g/mol. The minimum atomic E-state index is -2.52. The van der Waals surface area contributed by atoms with Gasteiger partial charge in [0.25, 0.3) is 0 Å². The molecule has 1 aromatic carbocycles. The van der Waals surface area contributed by atoms with E-state index in [1.54, 1.807) is 0 Å². The maximum Gasteiger partial charge on any atom is 0.338 e. The Morgan fingerprint density at radius 3 is 2.26 bits per heavy atom. The Labute approximate surface area is 236 Å². The Bertz CT molecular complexity index is 1000. The smallest absolute Gasteiger partial charge is 0.338 e. The average Bonchev–Trinajstić information content (AvgIpc) is 3.68. The zero-order valence-corrected chi connectivity index (χ0v) is 27.4. The zero-order chi connectivity index (χ0) is 28.5. The highest BCUT2D eigenvalue weighted by atomic mass is 28.4. The Balaban J connectivity index is 2.39. The molecule has 0 aromatic heterocycles. The second-order valence-electron chi connectivity index (χ2n) is 12.0. The van der Waals surface area contributed by atoms with Gasteiger partial charge in [-0.05, 0) is 83.7 Å². The summed E-state index contributed by atoms with van der Waals surface area (Å²) in [7, 11) is -4.46. The molecule has 0 spiro atoms. The molecule has 3 nitrogen and oxygen atoms in total. The number of rotatable bonds is 16. The van der Waals surface area contributed by atoms with E-state index in [0.717, 1.165) is 49.8 Å². The van der Waals surface area contributed by atoms with Gasteiger partial charge < -0.3 is 13.3 Å². The molecule has 1 aliphatic rings. The summed E-state index contributed by atoms with van der Waals surface area (Å²) in [6, 6.07) is 12.4. The number of aryl methyl sites for hydroxylation is 1. The van der Waals surface area contributed by atoms with Gasteiger partial charge in [0, 0.05) is 11.8 Å². The molecule has 0 saturated heterocycles. The molecule has 5 heteroatoms. The molecule has 1 saturated carbocycles. The van der Waals surface area contributed by atoms with Crippen LogP contribution in [0.1, 0.15) is 65.9 Å². The summed E-state index contributed by atoms with van der Waals surface area (Å²) in [5, 5.41) is 0. The number of hydrogen-bond donors (Lipinski definition) is 0. The van der Waals surface area contributed by atoms with Gasteiger partial charge in [-0.25, -0.2) is 0 Å². The fourth-order valence-corrected chi connectivity index (χ4v) is 9.37. The van der Waals surface area contributed by atoms with Crippen molar-refractivity contribution < 1.29 is 13.3 Å². The van der Waals surface area contributed by atoms with Gasteiger partial charge in [0.05, 0.1) is 12.2 Å². The van der Waals surface area contributed by atoms with Crippen molar-refractivity contribution in [3.8, 4) is 11.8 Å². The predicted octanol–water partition coefficient (Wildman–Crippen LogP) is 9.00. The third-order valence-corrected chi connectivity index (χ3v) is 12.3. The van der Waals surface area contributed by atoms with E-state index >= 15 is 0 Å². The standard InChI is InChI=1S/C33H52O3Si2/c1-11-27-34-38(12-2,13-3)35-31(32(7,36-37(8,9)10)33(25-26-33)28(4)5)24-18-20-29(6)19-17-23-30-21-15-14-16-22-30/h11,14-16,19,21-22,31H,1,4,12-13,17,20,23,25-27H2,2-3,5-10H3/b29-19+/t31-,32-/m0/s1. The number of allylic oxidation sites excluding steroid dienone is 2. The molecule has 1 fully saturated rings. The van der Waals surface area contributed by atoms with Gasteiger partial charge in [0.1, 0.15) is 6.10 Å². The highest BCUT2D eigenvalue weighted by Crippen LogP contribution is 2.62. The van der Waals surface area contributed by atoms with E-state index in [2.05, 4.69) is 116 Å². The molecule has 2 atom stereocenters. The van der Waals surface area contributed by atoms with Gasteiger partial charge in [0.2, 0.25) is 0 Å². The van der Waals surface area contributed by atoms with E-state index in [4.69, 9.17) is 13.3 Å². The van der Waals surface area contributed by atoms with Gasteiger partial charge in [-0.2, -0.15) is 0 Å². The molecule has 0 N–H and O–H groups in total. The van der Waals surface area contributed by atoms with E-state index in [-0.39, 0.29) is 11.5 Å². The summed E-state index contributed by atoms with van der Waals surface area (Å²) < 4.78 is 20.6. The third-order valence-electron chi connectivity index (χ3n) is 7.78. The van der Waals surface area contributed by atoms with Gasteiger partial charge in [-0.15, -0.1) is 6.58 Å². The van der Waals surface area contributed by atoms with Gasteiger partial charge >= 0.3 is 8.56 Å². The lowest BCUT2D eigenvalue weighted by Gasteiger charge is -2.48. The lowest BCUT2D eigenvalue weighted by Crippen LogP contribution is -2.59. The molecule has 0 bridgehead atoms. The van der Waals surface area contributed by atoms with Crippen LogP contribution < -0.4 is 0 Å². The van der Waals surface area contributed by atoms with Crippen molar-refractivity contribution in [3.63, 3.8) is 0 Å². The van der Waals surface area contributed by atoms with Gasteiger partial charge in [-0.3, -0.25) is 0 Å². The van der Waals surface area contributed by atoms with Crippen molar-refractivity contribution >= 4 is 16.9 Å². The Morgan fingerprint density at radius 1 is 1.13 bits per heavy atom. The molecule has 0 unspecified atom stereocenters. The first kappa shape index (κ1) is 32.5. The molecule has 0 amide bonds. The van der Waals surface area contributed by atoms with Gasteiger partial charge in [0.15, 0.2) is 8.32 Å². The normalized spacial score (nSPS) is 17.6. The van der Waals surface area contributed by atoms with Crippen LogP contribution in [0.15, 0.2) is 66.8 Å². The molecule has 0 radical (unpaired) electrons. The first-order valence-electron chi connectivity index (χ1n) is 14.3. The molecule has 38 heavy (non-hydrogen) atoms. The Hall–Kier alpha value is -1.69. The van der Waals surface area contributed by atoms with Crippen LogP contribution >= 0.6 is 0 Å². The van der Waals surface area contributed by atoms with Crippen LogP contribution in [0.25, 0.3) is 0 Å². The average molecular weight is 553 g/mol. The maximum absolute atomic E-state index is 7.08. The van der Waals surface area contributed by atoms with Crippen LogP contribution in [0.5, 0.6) is 0 Å². The van der Waals surface area contributed by atoms with E-state index in [9.17, 15) is 0 Å². The summed E-state index contributed by atoms with van der Waals surface area (Å²) >= 11 is 0. The molecule has 0 aliphatic heterocycles. The van der Waals surface area contributed by atoms with Crippen LogP contribution in [0.2, 0.25) is 31.7 Å². The summed E-state index contributed by atoms with van der Waals surface area (Å²) in [5.41, 5.74) is 3.12. The van der Waals surface area contributed by atoms with E-state index in [0.29, 0.717) is 6.61 Å². The first-order chi connectivity index (χ1) is 17.9. The van der Waals surface area contributed by atoms with Gasteiger partial charge in [-0.1, -0.05) is 85.9 Å². The minimum Gasteiger partial charge on any atom is -0.408 e. The van der Waals surface area contributed by atoms with Crippen LogP contribution in [-0.4, -0.2) is 35.2 Å². The van der Waals surface area contributed by atoms with E-state index in [1.807, 2.05) is 6.08 Å². The second kappa shape index (κ2) is 14.1. The lowest BCUT2D eigenvalue weighted by atomic mass is 9.77. The van der Waals surface area contributed by atoms with Crippen molar-refractivity contribution in [2.75, 3.05) is 6.61 Å². The summed E-state index contributed by atoms with van der Waals surface area (Å²) in [5.74, 6) is 7.10.